The quantitative estimate of drug-likeness (QED) is 0.163. The van der Waals surface area contributed by atoms with Crippen molar-refractivity contribution in [2.24, 2.45) is 0 Å². The maximum atomic E-state index is 12.6. The molecule has 220 valence electrons. The molecular formula is C16H29ClCu2N2O15+2. The number of benzene rings is 1. The van der Waals surface area contributed by atoms with Crippen molar-refractivity contribution in [3.05, 3.63) is 28.3 Å². The molecule has 0 amide bonds. The van der Waals surface area contributed by atoms with Crippen LogP contribution in [-0.2, 0) is 77.4 Å². The van der Waals surface area contributed by atoms with Crippen LogP contribution < -0.4 is 20.4 Å². The van der Waals surface area contributed by atoms with E-state index in [4.69, 9.17) is 16.7 Å². The largest absolute Gasteiger partial charge is 2.00 e. The van der Waals surface area contributed by atoms with Crippen molar-refractivity contribution in [1.29, 1.82) is 0 Å². The van der Waals surface area contributed by atoms with Crippen LogP contribution in [0.5, 0.6) is 5.75 Å². The molecule has 2 radical (unpaired) electrons. The van der Waals surface area contributed by atoms with E-state index in [0.717, 1.165) is 9.80 Å². The van der Waals surface area contributed by atoms with Crippen LogP contribution in [0.25, 0.3) is 0 Å². The molecular weight excluding hydrogens is 623 g/mol. The van der Waals surface area contributed by atoms with E-state index in [1.807, 2.05) is 0 Å². The Morgan fingerprint density at radius 2 is 1.00 bits per heavy atom. The van der Waals surface area contributed by atoms with Crippen molar-refractivity contribution >= 4 is 35.5 Å². The van der Waals surface area contributed by atoms with E-state index in [1.54, 1.807) is 0 Å². The number of carboxylic acid groups (broad SMARTS) is 4. The summed E-state index contributed by atoms with van der Waals surface area (Å²) in [5, 5.41) is 53.8. The average Bonchev–Trinajstić information content (AvgIpc) is 2.49. The summed E-state index contributed by atoms with van der Waals surface area (Å²) in [5.41, 5.74) is -0.111. The minimum atomic E-state index is -1.57. The van der Waals surface area contributed by atoms with E-state index in [2.05, 4.69) is 0 Å². The molecule has 0 heterocycles. The minimum absolute atomic E-state index is 0. The molecule has 17 nitrogen and oxygen atoms in total. The zero-order valence-corrected chi connectivity index (χ0v) is 20.8. The van der Waals surface area contributed by atoms with E-state index in [9.17, 15) is 39.6 Å². The van der Waals surface area contributed by atoms with Crippen LogP contribution in [0.1, 0.15) is 11.1 Å². The third-order valence-corrected chi connectivity index (χ3v) is 3.63. The number of carbonyl (C=O) groups is 4. The number of halogens is 1. The smallest absolute Gasteiger partial charge is 0.872 e. The molecule has 0 atom stereocenters. The maximum Gasteiger partial charge on any atom is 2.00 e. The number of rotatable bonds is 12. The summed E-state index contributed by atoms with van der Waals surface area (Å²) in [4.78, 5) is 44.9. The summed E-state index contributed by atoms with van der Waals surface area (Å²) >= 11 is 5.93. The molecule has 20 heteroatoms. The van der Waals surface area contributed by atoms with Gasteiger partial charge in [-0.25, -0.2) is 0 Å². The molecule has 0 spiro atoms. The summed E-state index contributed by atoms with van der Waals surface area (Å²) < 4.78 is 0. The molecule has 0 aliphatic carbocycles. The second kappa shape index (κ2) is 26.0. The van der Waals surface area contributed by atoms with Crippen LogP contribution in [0.3, 0.4) is 0 Å². The van der Waals surface area contributed by atoms with Crippen molar-refractivity contribution in [3.63, 3.8) is 0 Å². The molecule has 36 heavy (non-hydrogen) atoms. The van der Waals surface area contributed by atoms with Gasteiger partial charge in [-0.2, -0.15) is 0 Å². The van der Waals surface area contributed by atoms with Crippen LogP contribution in [0, 0.1) is 0 Å². The molecule has 0 aliphatic rings. The monoisotopic (exact) mass is 650 g/mol. The third-order valence-electron chi connectivity index (χ3n) is 3.41. The Labute approximate surface area is 230 Å². The van der Waals surface area contributed by atoms with Crippen LogP contribution in [-0.4, -0.2) is 86.9 Å². The Bertz CT molecular complexity index is 697. The first-order chi connectivity index (χ1) is 13.0. The first kappa shape index (κ1) is 54.7. The summed E-state index contributed by atoms with van der Waals surface area (Å²) in [5.74, 6) is -6.69. The fraction of sp³-hybridized carbons (Fsp3) is 0.375. The number of hydrogen-bond acceptors (Lipinski definition) is 10. The fourth-order valence-electron chi connectivity index (χ4n) is 2.50. The topological polar surface area (TPSA) is 379 Å². The number of carboxylic acids is 4. The number of carbonyl (C=O) groups excluding carboxylic acids is 3. The predicted octanol–water partition coefficient (Wildman–Crippen LogP) is -9.80. The second-order valence-corrected chi connectivity index (χ2v) is 6.29. The van der Waals surface area contributed by atoms with Gasteiger partial charge >= 0.3 is 40.1 Å². The summed E-state index contributed by atoms with van der Waals surface area (Å²) in [7, 11) is 0. The molecule has 1 aromatic carbocycles. The van der Waals surface area contributed by atoms with Crippen molar-refractivity contribution in [2.75, 3.05) is 26.2 Å². The second-order valence-electron chi connectivity index (χ2n) is 5.85. The maximum absolute atomic E-state index is 12.6. The van der Waals surface area contributed by atoms with Gasteiger partial charge in [-0.15, -0.1) is 0 Å². The van der Waals surface area contributed by atoms with E-state index >= 15 is 0 Å². The molecule has 0 bridgehead atoms. The van der Waals surface area contributed by atoms with Gasteiger partial charge in [0.2, 0.25) is 0 Å². The minimum Gasteiger partial charge on any atom is -0.872 e. The Morgan fingerprint density at radius 1 is 0.722 bits per heavy atom. The molecule has 0 fully saturated rings. The van der Waals surface area contributed by atoms with Gasteiger partial charge in [0.15, 0.2) is 0 Å². The summed E-state index contributed by atoms with van der Waals surface area (Å²) in [6.07, 6.45) is 0. The van der Waals surface area contributed by atoms with Crippen molar-refractivity contribution in [3.8, 4) is 5.75 Å². The zero-order chi connectivity index (χ0) is 21.4. The fourth-order valence-corrected chi connectivity index (χ4v) is 2.77. The molecule has 15 N–H and O–H groups in total. The zero-order valence-electron chi connectivity index (χ0n) is 18.1. The average molecular weight is 652 g/mol. The van der Waals surface area contributed by atoms with Crippen LogP contribution >= 0.6 is 11.6 Å². The Kier molecular flexibility index (Phi) is 39.5. The number of aliphatic carboxylic acids is 4. The first-order valence-corrected chi connectivity index (χ1v) is 8.10. The van der Waals surface area contributed by atoms with Crippen LogP contribution in [0.2, 0.25) is 5.02 Å². The molecule has 0 aliphatic heterocycles. The van der Waals surface area contributed by atoms with E-state index in [0.29, 0.717) is 0 Å². The van der Waals surface area contributed by atoms with Crippen molar-refractivity contribution < 1.29 is 112 Å². The molecule has 1 rings (SSSR count). The van der Waals surface area contributed by atoms with Gasteiger partial charge in [0.25, 0.3) is 0 Å². The van der Waals surface area contributed by atoms with Gasteiger partial charge in [-0.1, -0.05) is 17.4 Å². The normalized spacial score (nSPS) is 8.53. The van der Waals surface area contributed by atoms with E-state index < -0.39 is 62.4 Å². The van der Waals surface area contributed by atoms with Gasteiger partial charge in [0.05, 0.1) is 24.5 Å². The summed E-state index contributed by atoms with van der Waals surface area (Å²) in [6, 6.07) is 2.41. The van der Waals surface area contributed by atoms with Gasteiger partial charge in [-0.3, -0.25) is 14.6 Å². The molecule has 1 aromatic rings. The van der Waals surface area contributed by atoms with Gasteiger partial charge in [-0.05, 0) is 23.3 Å². The molecule has 0 saturated carbocycles. The number of hydrogen-bond donors (Lipinski definition) is 1. The summed E-state index contributed by atoms with van der Waals surface area (Å²) in [6.45, 7) is -3.80. The van der Waals surface area contributed by atoms with Crippen LogP contribution in [0.15, 0.2) is 12.1 Å². The SMILES string of the molecule is O.O.O.O.O=C([O-])CN(CC(=O)[O-])Cc1cc(Cl)cc(CN(CC(=O)[O-])CC(=O)O)c1[O-].[Cu+2].[Cu+2].[OH3+].[OH3+]. The van der Waals surface area contributed by atoms with E-state index in [1.165, 1.54) is 12.1 Å². The Morgan fingerprint density at radius 3 is 1.25 bits per heavy atom. The Hall–Kier alpha value is -2.09. The van der Waals surface area contributed by atoms with Gasteiger partial charge in [0.1, 0.15) is 0 Å². The molecule has 0 aromatic heterocycles. The van der Waals surface area contributed by atoms with Gasteiger partial charge < -0.3 is 72.8 Å². The van der Waals surface area contributed by atoms with Crippen molar-refractivity contribution in [1.82, 2.24) is 9.80 Å². The van der Waals surface area contributed by atoms with Crippen molar-refractivity contribution in [2.45, 2.75) is 13.1 Å². The third kappa shape index (κ3) is 21.2. The standard InChI is InChI=1S/C16H19ClN2O9.2Cu.6H2O/c17-11-1-9(3-18(5-12(20)21)6-13(22)23)16(28)10(2-11)4-19(7-14(24)25)8-15(26)27;;;;;;;;/h1-2,28H,3-8H2,(H,20,21)(H,22,23)(H,24,25)(H,26,27);;;6*1H2/q;2*+2;;;;;;/p-2. The molecule has 0 saturated heterocycles. The van der Waals surface area contributed by atoms with E-state index in [-0.39, 0.29) is 89.7 Å². The van der Waals surface area contributed by atoms with Gasteiger partial charge in [0, 0.05) is 37.7 Å². The predicted molar refractivity (Wildman–Crippen MR) is 108 cm³/mol. The molecule has 0 unspecified atom stereocenters. The number of nitrogens with zero attached hydrogens (tertiary/aromatic N) is 2. The first-order valence-electron chi connectivity index (χ1n) is 7.72. The Balaban J connectivity index is -0.000000163. The van der Waals surface area contributed by atoms with Crippen LogP contribution in [0.4, 0.5) is 0 Å².